The maximum atomic E-state index is 13.4. The zero-order valence-electron chi connectivity index (χ0n) is 22.2. The third-order valence-corrected chi connectivity index (χ3v) is 6.66. The molecule has 13 heteroatoms. The number of amides is 3. The second-order valence-corrected chi connectivity index (χ2v) is 9.84. The highest BCUT2D eigenvalue weighted by Crippen LogP contribution is 2.14. The topological polar surface area (TPSA) is 214 Å². The van der Waals surface area contributed by atoms with Crippen LogP contribution in [0.5, 0.6) is 11.5 Å². The smallest absolute Gasteiger partial charge is 0.326 e. The molecule has 4 unspecified atom stereocenters. The second kappa shape index (κ2) is 14.7. The molecule has 3 rings (SSSR count). The molecule has 41 heavy (non-hydrogen) atoms. The van der Waals surface area contributed by atoms with Gasteiger partial charge >= 0.3 is 11.9 Å². The fourth-order valence-corrected chi connectivity index (χ4v) is 4.41. The Balaban J connectivity index is 1.79. The molecule has 1 saturated heterocycles. The summed E-state index contributed by atoms with van der Waals surface area (Å²) in [5.41, 5.74) is 1.07. The lowest BCUT2D eigenvalue weighted by Gasteiger charge is -2.25. The van der Waals surface area contributed by atoms with Crippen LogP contribution in [-0.4, -0.2) is 80.8 Å². The molecule has 0 aromatic heterocycles. The summed E-state index contributed by atoms with van der Waals surface area (Å²) in [7, 11) is 0. The molecule has 2 aromatic rings. The third kappa shape index (κ3) is 9.80. The number of aromatic hydroxyl groups is 2. The highest BCUT2D eigenvalue weighted by atomic mass is 16.4. The van der Waals surface area contributed by atoms with Crippen LogP contribution >= 0.6 is 0 Å². The van der Waals surface area contributed by atoms with Gasteiger partial charge in [-0.3, -0.25) is 19.2 Å². The Kier molecular flexibility index (Phi) is 11.0. The third-order valence-electron chi connectivity index (χ3n) is 6.66. The van der Waals surface area contributed by atoms with Crippen molar-refractivity contribution in [3.8, 4) is 11.5 Å². The average Bonchev–Trinajstić information content (AvgIpc) is 3.47. The van der Waals surface area contributed by atoms with E-state index in [0.29, 0.717) is 24.1 Å². The fourth-order valence-electron chi connectivity index (χ4n) is 4.41. The van der Waals surface area contributed by atoms with E-state index >= 15 is 0 Å². The van der Waals surface area contributed by atoms with E-state index in [0.717, 1.165) is 6.42 Å². The monoisotopic (exact) mass is 570 g/mol. The van der Waals surface area contributed by atoms with Crippen molar-refractivity contribution in [1.29, 1.82) is 0 Å². The van der Waals surface area contributed by atoms with Gasteiger partial charge in [0, 0.05) is 19.3 Å². The highest BCUT2D eigenvalue weighted by molar-refractivity contribution is 5.94. The van der Waals surface area contributed by atoms with E-state index in [1.165, 1.54) is 48.5 Å². The molecule has 220 valence electrons. The standard InChI is InChI=1S/C28H34N4O9/c33-18-7-3-16(4-8-18)14-22(27(39)32-23(28(40)41)15-17-5-9-19(34)10-6-17)31-26(38)21(11-12-24(35)36)30-25(37)20-2-1-13-29-20/h3-10,20-23,29,33-34H,1-2,11-15H2,(H,30,37)(H,31,38)(H,32,39)(H,35,36)(H,40,41). The van der Waals surface area contributed by atoms with Crippen molar-refractivity contribution in [3.63, 3.8) is 0 Å². The first-order chi connectivity index (χ1) is 19.5. The summed E-state index contributed by atoms with van der Waals surface area (Å²) >= 11 is 0. The van der Waals surface area contributed by atoms with Crippen molar-refractivity contribution in [2.45, 2.75) is 62.7 Å². The lowest BCUT2D eigenvalue weighted by atomic mass is 10.0. The van der Waals surface area contributed by atoms with Crippen molar-refractivity contribution < 1.29 is 44.4 Å². The van der Waals surface area contributed by atoms with Gasteiger partial charge in [0.05, 0.1) is 6.04 Å². The van der Waals surface area contributed by atoms with Crippen molar-refractivity contribution in [1.82, 2.24) is 21.3 Å². The highest BCUT2D eigenvalue weighted by Gasteiger charge is 2.32. The number of carbonyl (C=O) groups is 5. The van der Waals surface area contributed by atoms with Crippen LogP contribution in [0.1, 0.15) is 36.8 Å². The predicted octanol–water partition coefficient (Wildman–Crippen LogP) is 0.0388. The summed E-state index contributed by atoms with van der Waals surface area (Å²) in [5.74, 6) is -4.61. The summed E-state index contributed by atoms with van der Waals surface area (Å²) in [6.45, 7) is 0.633. The molecule has 2 aromatic carbocycles. The average molecular weight is 571 g/mol. The summed E-state index contributed by atoms with van der Waals surface area (Å²) in [6.07, 6.45) is 0.487. The number of hydrogen-bond donors (Lipinski definition) is 8. The molecule has 1 heterocycles. The van der Waals surface area contributed by atoms with Crippen molar-refractivity contribution in [2.24, 2.45) is 0 Å². The first kappa shape index (κ1) is 30.9. The molecular weight excluding hydrogens is 536 g/mol. The van der Waals surface area contributed by atoms with Gasteiger partial charge < -0.3 is 41.7 Å². The Hall–Kier alpha value is -4.65. The first-order valence-electron chi connectivity index (χ1n) is 13.2. The molecule has 0 spiro atoms. The maximum absolute atomic E-state index is 13.4. The van der Waals surface area contributed by atoms with Gasteiger partial charge in [-0.15, -0.1) is 0 Å². The number of carboxylic acids is 2. The fraction of sp³-hybridized carbons (Fsp3) is 0.393. The molecular formula is C28H34N4O9. The Morgan fingerprint density at radius 3 is 1.76 bits per heavy atom. The molecule has 1 aliphatic rings. The minimum absolute atomic E-state index is 0.00501. The summed E-state index contributed by atoms with van der Waals surface area (Å²) < 4.78 is 0. The molecule has 1 fully saturated rings. The van der Waals surface area contributed by atoms with Crippen molar-refractivity contribution in [3.05, 3.63) is 59.7 Å². The predicted molar refractivity (Wildman–Crippen MR) is 145 cm³/mol. The van der Waals surface area contributed by atoms with Crippen LogP contribution in [0.15, 0.2) is 48.5 Å². The Labute approximate surface area is 236 Å². The normalized spacial score (nSPS) is 16.6. The van der Waals surface area contributed by atoms with Crippen LogP contribution in [0, 0.1) is 0 Å². The van der Waals surface area contributed by atoms with Crippen LogP contribution in [0.3, 0.4) is 0 Å². The number of nitrogens with one attached hydrogen (secondary N) is 4. The quantitative estimate of drug-likeness (QED) is 0.153. The Bertz CT molecular complexity index is 1230. The minimum Gasteiger partial charge on any atom is -0.508 e. The summed E-state index contributed by atoms with van der Waals surface area (Å²) in [5, 5.41) is 48.6. The van der Waals surface area contributed by atoms with Crippen LogP contribution in [0.4, 0.5) is 0 Å². The molecule has 1 aliphatic heterocycles. The van der Waals surface area contributed by atoms with Gasteiger partial charge in [0.2, 0.25) is 17.7 Å². The van der Waals surface area contributed by atoms with E-state index in [9.17, 15) is 39.3 Å². The number of carbonyl (C=O) groups excluding carboxylic acids is 3. The molecule has 0 radical (unpaired) electrons. The van der Waals surface area contributed by atoms with Gasteiger partial charge in [-0.05, 0) is 61.2 Å². The van der Waals surface area contributed by atoms with Gasteiger partial charge in [0.25, 0.3) is 0 Å². The minimum atomic E-state index is -1.37. The maximum Gasteiger partial charge on any atom is 0.326 e. The van der Waals surface area contributed by atoms with E-state index < -0.39 is 60.2 Å². The van der Waals surface area contributed by atoms with Gasteiger partial charge in [0.15, 0.2) is 0 Å². The van der Waals surface area contributed by atoms with Gasteiger partial charge in [-0.2, -0.15) is 0 Å². The second-order valence-electron chi connectivity index (χ2n) is 9.84. The SMILES string of the molecule is O=C(O)CCC(NC(=O)C1CCCN1)C(=O)NC(Cc1ccc(O)cc1)C(=O)NC(Cc1ccc(O)cc1)C(=O)O. The number of hydrogen-bond acceptors (Lipinski definition) is 8. The lowest BCUT2D eigenvalue weighted by molar-refractivity contribution is -0.142. The molecule has 3 amide bonds. The molecule has 8 N–H and O–H groups in total. The van der Waals surface area contributed by atoms with Crippen LogP contribution in [-0.2, 0) is 36.8 Å². The van der Waals surface area contributed by atoms with E-state index in [2.05, 4.69) is 21.3 Å². The number of phenols is 2. The lowest BCUT2D eigenvalue weighted by Crippen LogP contribution is -2.57. The summed E-state index contributed by atoms with van der Waals surface area (Å²) in [4.78, 5) is 62.5. The molecule has 13 nitrogen and oxygen atoms in total. The number of benzene rings is 2. The van der Waals surface area contributed by atoms with E-state index in [-0.39, 0.29) is 30.8 Å². The molecule has 0 saturated carbocycles. The number of rotatable bonds is 14. The zero-order valence-corrected chi connectivity index (χ0v) is 22.2. The van der Waals surface area contributed by atoms with Crippen LogP contribution in [0.2, 0.25) is 0 Å². The van der Waals surface area contributed by atoms with Crippen LogP contribution in [0.25, 0.3) is 0 Å². The zero-order chi connectivity index (χ0) is 29.9. The molecule has 0 bridgehead atoms. The number of phenolic OH excluding ortho intramolecular Hbond substituents is 2. The van der Waals surface area contributed by atoms with Gasteiger partial charge in [-0.1, -0.05) is 24.3 Å². The largest absolute Gasteiger partial charge is 0.508 e. The van der Waals surface area contributed by atoms with Crippen molar-refractivity contribution >= 4 is 29.7 Å². The first-order valence-corrected chi connectivity index (χ1v) is 13.2. The Morgan fingerprint density at radius 1 is 0.756 bits per heavy atom. The van der Waals surface area contributed by atoms with E-state index in [4.69, 9.17) is 5.11 Å². The van der Waals surface area contributed by atoms with Gasteiger partial charge in [-0.25, -0.2) is 4.79 Å². The van der Waals surface area contributed by atoms with E-state index in [1.807, 2.05) is 0 Å². The molecule has 4 atom stereocenters. The van der Waals surface area contributed by atoms with Crippen molar-refractivity contribution in [2.75, 3.05) is 6.54 Å². The molecule has 0 aliphatic carbocycles. The van der Waals surface area contributed by atoms with E-state index in [1.54, 1.807) is 0 Å². The number of aliphatic carboxylic acids is 2. The summed E-state index contributed by atoms with van der Waals surface area (Å²) in [6, 6.07) is 7.18. The van der Waals surface area contributed by atoms with Crippen LogP contribution < -0.4 is 21.3 Å². The van der Waals surface area contributed by atoms with Gasteiger partial charge in [0.1, 0.15) is 29.6 Å². The Morgan fingerprint density at radius 2 is 1.27 bits per heavy atom. The number of carboxylic acid groups (broad SMARTS) is 2.